The Bertz CT molecular complexity index is 303. The highest BCUT2D eigenvalue weighted by Gasteiger charge is 2.16. The third-order valence-corrected chi connectivity index (χ3v) is 2.86. The van der Waals surface area contributed by atoms with Gasteiger partial charge >= 0.3 is 0 Å². The van der Waals surface area contributed by atoms with Crippen molar-refractivity contribution < 1.29 is 13.2 Å². The second kappa shape index (κ2) is 3.74. The van der Waals surface area contributed by atoms with E-state index in [9.17, 15) is 13.2 Å². The molecule has 0 aliphatic heterocycles. The standard InChI is InChI=1S/C6H2Br2F3N/c7-2-1-3(9)4(6(10)11)12-5(2)8/h1,6H. The van der Waals surface area contributed by atoms with Crippen molar-refractivity contribution in [1.82, 2.24) is 4.98 Å². The molecule has 0 amide bonds. The van der Waals surface area contributed by atoms with Crippen LogP contribution in [0.25, 0.3) is 0 Å². The van der Waals surface area contributed by atoms with Gasteiger partial charge in [-0.05, 0) is 37.9 Å². The van der Waals surface area contributed by atoms with Crippen LogP contribution >= 0.6 is 31.9 Å². The first-order valence-electron chi connectivity index (χ1n) is 2.82. The first kappa shape index (κ1) is 9.98. The van der Waals surface area contributed by atoms with Gasteiger partial charge in [0.05, 0.1) is 4.47 Å². The van der Waals surface area contributed by atoms with Gasteiger partial charge in [0, 0.05) is 0 Å². The van der Waals surface area contributed by atoms with Crippen molar-refractivity contribution >= 4 is 31.9 Å². The van der Waals surface area contributed by atoms with Crippen LogP contribution in [0.3, 0.4) is 0 Å². The number of halogens is 5. The summed E-state index contributed by atoms with van der Waals surface area (Å²) in [6.45, 7) is 0. The van der Waals surface area contributed by atoms with Crippen LogP contribution in [0.2, 0.25) is 0 Å². The van der Waals surface area contributed by atoms with Gasteiger partial charge in [0.1, 0.15) is 10.3 Å². The van der Waals surface area contributed by atoms with E-state index in [1.807, 2.05) is 0 Å². The van der Waals surface area contributed by atoms with Crippen LogP contribution in [0, 0.1) is 5.82 Å². The molecule has 1 aromatic rings. The predicted molar refractivity (Wildman–Crippen MR) is 44.6 cm³/mol. The summed E-state index contributed by atoms with van der Waals surface area (Å²) in [5.41, 5.74) is -0.843. The summed E-state index contributed by atoms with van der Waals surface area (Å²) in [5.74, 6) is -1.01. The van der Waals surface area contributed by atoms with Gasteiger partial charge in [0.25, 0.3) is 6.43 Å². The van der Waals surface area contributed by atoms with Gasteiger partial charge in [-0.3, -0.25) is 0 Å². The number of nitrogens with zero attached hydrogens (tertiary/aromatic N) is 1. The molecule has 0 fully saturated rings. The Morgan fingerprint density at radius 3 is 2.42 bits per heavy atom. The lowest BCUT2D eigenvalue weighted by Gasteiger charge is -2.02. The summed E-state index contributed by atoms with van der Waals surface area (Å²) in [5, 5.41) is 0. The highest BCUT2D eigenvalue weighted by Crippen LogP contribution is 2.27. The Labute approximate surface area is 83.2 Å². The highest BCUT2D eigenvalue weighted by molar-refractivity contribution is 9.13. The minimum Gasteiger partial charge on any atom is -0.236 e. The number of pyridine rings is 1. The lowest BCUT2D eigenvalue weighted by molar-refractivity contribution is 0.140. The molecule has 1 aromatic heterocycles. The number of rotatable bonds is 1. The van der Waals surface area contributed by atoms with E-state index in [4.69, 9.17) is 0 Å². The Kier molecular flexibility index (Phi) is 3.11. The monoisotopic (exact) mass is 303 g/mol. The molecule has 0 saturated carbocycles. The molecule has 6 heteroatoms. The fourth-order valence-electron chi connectivity index (χ4n) is 0.610. The molecule has 0 atom stereocenters. The molecule has 1 rings (SSSR count). The zero-order valence-corrected chi connectivity index (χ0v) is 8.66. The van der Waals surface area contributed by atoms with Gasteiger partial charge in [0.2, 0.25) is 0 Å². The van der Waals surface area contributed by atoms with Crippen LogP contribution in [0.4, 0.5) is 13.2 Å². The largest absolute Gasteiger partial charge is 0.283 e. The number of hydrogen-bond donors (Lipinski definition) is 0. The SMILES string of the molecule is Fc1cc(Br)c(Br)nc1C(F)F. The number of alkyl halides is 2. The van der Waals surface area contributed by atoms with Gasteiger partial charge in [-0.2, -0.15) is 0 Å². The van der Waals surface area contributed by atoms with Crippen LogP contribution in [0.1, 0.15) is 12.1 Å². The molecule has 0 saturated heterocycles. The molecular weight excluding hydrogens is 303 g/mol. The van der Waals surface area contributed by atoms with E-state index in [1.54, 1.807) is 0 Å². The number of hydrogen-bond acceptors (Lipinski definition) is 1. The fraction of sp³-hybridized carbons (Fsp3) is 0.167. The molecule has 1 nitrogen and oxygen atoms in total. The molecule has 0 aromatic carbocycles. The van der Waals surface area contributed by atoms with Gasteiger partial charge in [-0.1, -0.05) is 0 Å². The Balaban J connectivity index is 3.23. The second-order valence-electron chi connectivity index (χ2n) is 1.93. The predicted octanol–water partition coefficient (Wildman–Crippen LogP) is 3.68. The molecule has 12 heavy (non-hydrogen) atoms. The van der Waals surface area contributed by atoms with E-state index in [2.05, 4.69) is 36.8 Å². The van der Waals surface area contributed by atoms with E-state index in [1.165, 1.54) is 0 Å². The van der Waals surface area contributed by atoms with E-state index in [0.29, 0.717) is 4.47 Å². The average molecular weight is 305 g/mol. The first-order valence-corrected chi connectivity index (χ1v) is 4.40. The fourth-order valence-corrected chi connectivity index (χ4v) is 1.21. The minimum atomic E-state index is -2.89. The van der Waals surface area contributed by atoms with Crippen LogP contribution in [-0.4, -0.2) is 4.98 Å². The molecule has 0 N–H and O–H groups in total. The smallest absolute Gasteiger partial charge is 0.236 e. The number of aromatic nitrogens is 1. The minimum absolute atomic E-state index is 0.166. The zero-order valence-electron chi connectivity index (χ0n) is 5.49. The quantitative estimate of drug-likeness (QED) is 0.721. The third-order valence-electron chi connectivity index (χ3n) is 1.12. The Hall–Kier alpha value is -0.100. The summed E-state index contributed by atoms with van der Waals surface area (Å²) in [7, 11) is 0. The van der Waals surface area contributed by atoms with Crippen molar-refractivity contribution in [3.05, 3.63) is 26.7 Å². The average Bonchev–Trinajstić information content (AvgIpc) is 1.96. The van der Waals surface area contributed by atoms with Crippen molar-refractivity contribution in [2.45, 2.75) is 6.43 Å². The zero-order chi connectivity index (χ0) is 9.30. The summed E-state index contributed by atoms with van der Waals surface area (Å²) >= 11 is 5.83. The van der Waals surface area contributed by atoms with Gasteiger partial charge < -0.3 is 0 Å². The second-order valence-corrected chi connectivity index (χ2v) is 3.53. The molecule has 1 heterocycles. The third kappa shape index (κ3) is 1.98. The first-order chi connectivity index (χ1) is 5.52. The summed E-state index contributed by atoms with van der Waals surface area (Å²) in [4.78, 5) is 3.32. The maximum atomic E-state index is 12.7. The summed E-state index contributed by atoms with van der Waals surface area (Å²) in [6, 6.07) is 0.943. The molecule has 0 unspecified atom stereocenters. The van der Waals surface area contributed by atoms with E-state index in [-0.39, 0.29) is 4.60 Å². The topological polar surface area (TPSA) is 12.9 Å². The van der Waals surface area contributed by atoms with Crippen LogP contribution in [-0.2, 0) is 0 Å². The maximum absolute atomic E-state index is 12.7. The van der Waals surface area contributed by atoms with Crippen LogP contribution in [0.5, 0.6) is 0 Å². The normalized spacial score (nSPS) is 10.8. The lowest BCUT2D eigenvalue weighted by atomic mass is 10.3. The van der Waals surface area contributed by atoms with Crippen molar-refractivity contribution in [1.29, 1.82) is 0 Å². The Morgan fingerprint density at radius 2 is 1.92 bits per heavy atom. The van der Waals surface area contributed by atoms with E-state index < -0.39 is 17.9 Å². The van der Waals surface area contributed by atoms with Gasteiger partial charge in [-0.15, -0.1) is 0 Å². The summed E-state index contributed by atoms with van der Waals surface area (Å²) < 4.78 is 37.2. The molecule has 0 spiro atoms. The molecular formula is C6H2Br2F3N. The molecule has 0 bridgehead atoms. The van der Waals surface area contributed by atoms with Crippen molar-refractivity contribution in [3.63, 3.8) is 0 Å². The molecule has 0 aliphatic carbocycles. The van der Waals surface area contributed by atoms with E-state index in [0.717, 1.165) is 6.07 Å². The van der Waals surface area contributed by atoms with Crippen LogP contribution < -0.4 is 0 Å². The molecule has 0 radical (unpaired) electrons. The maximum Gasteiger partial charge on any atom is 0.283 e. The highest BCUT2D eigenvalue weighted by atomic mass is 79.9. The van der Waals surface area contributed by atoms with Crippen molar-refractivity contribution in [2.24, 2.45) is 0 Å². The van der Waals surface area contributed by atoms with Gasteiger partial charge in [0.15, 0.2) is 5.82 Å². The van der Waals surface area contributed by atoms with E-state index >= 15 is 0 Å². The van der Waals surface area contributed by atoms with Crippen molar-refractivity contribution in [3.8, 4) is 0 Å². The lowest BCUT2D eigenvalue weighted by Crippen LogP contribution is -1.96. The Morgan fingerprint density at radius 1 is 1.33 bits per heavy atom. The summed E-state index contributed by atoms with van der Waals surface area (Å²) in [6.07, 6.45) is -2.89. The molecule has 0 aliphatic rings. The molecule has 66 valence electrons. The van der Waals surface area contributed by atoms with Crippen LogP contribution in [0.15, 0.2) is 15.1 Å². The van der Waals surface area contributed by atoms with Crippen molar-refractivity contribution in [2.75, 3.05) is 0 Å². The van der Waals surface area contributed by atoms with Gasteiger partial charge in [-0.25, -0.2) is 18.2 Å².